The smallest absolute Gasteiger partial charge is 0.268 e. The van der Waals surface area contributed by atoms with Crippen molar-refractivity contribution in [3.8, 4) is 6.07 Å². The van der Waals surface area contributed by atoms with Gasteiger partial charge in [0.2, 0.25) is 0 Å². The molecular weight excluding hydrogens is 300 g/mol. The number of carbonyl (C=O) groups excluding carboxylic acids is 1. The van der Waals surface area contributed by atoms with E-state index < -0.39 is 0 Å². The molecule has 0 aliphatic carbocycles. The fourth-order valence-electron chi connectivity index (χ4n) is 2.64. The van der Waals surface area contributed by atoms with Gasteiger partial charge in [-0.05, 0) is 30.7 Å². The average Bonchev–Trinajstić information content (AvgIpc) is 3.16. The fraction of sp³-hybridized carbons (Fsp3) is 0.250. The van der Waals surface area contributed by atoms with Crippen LogP contribution in [0.2, 0.25) is 5.02 Å². The summed E-state index contributed by atoms with van der Waals surface area (Å²) >= 11 is 6.01. The van der Waals surface area contributed by atoms with Gasteiger partial charge >= 0.3 is 0 Å². The summed E-state index contributed by atoms with van der Waals surface area (Å²) in [4.78, 5) is 17.2. The molecule has 1 aliphatic heterocycles. The van der Waals surface area contributed by atoms with E-state index in [4.69, 9.17) is 16.9 Å². The van der Waals surface area contributed by atoms with E-state index in [1.54, 1.807) is 6.07 Å². The number of aromatic nitrogens is 1. The predicted octanol–water partition coefficient (Wildman–Crippen LogP) is 2.55. The number of nitrogens with one attached hydrogen (secondary N) is 2. The Morgan fingerprint density at radius 1 is 1.45 bits per heavy atom. The number of benzene rings is 1. The van der Waals surface area contributed by atoms with Crippen LogP contribution in [0.3, 0.4) is 0 Å². The van der Waals surface area contributed by atoms with Crippen molar-refractivity contribution in [2.75, 3.05) is 18.0 Å². The average molecular weight is 315 g/mol. The van der Waals surface area contributed by atoms with Crippen molar-refractivity contribution in [1.29, 1.82) is 5.26 Å². The Kier molecular flexibility index (Phi) is 4.03. The lowest BCUT2D eigenvalue weighted by Gasteiger charge is -2.19. The van der Waals surface area contributed by atoms with Crippen LogP contribution in [0.4, 0.5) is 5.69 Å². The van der Waals surface area contributed by atoms with Gasteiger partial charge in [0.25, 0.3) is 5.91 Å². The molecule has 0 saturated carbocycles. The predicted molar refractivity (Wildman–Crippen MR) is 85.0 cm³/mol. The van der Waals surface area contributed by atoms with Crippen LogP contribution in [0, 0.1) is 11.3 Å². The first kappa shape index (κ1) is 14.5. The summed E-state index contributed by atoms with van der Waals surface area (Å²) in [5.74, 6) is -0.181. The van der Waals surface area contributed by atoms with Crippen LogP contribution < -0.4 is 10.2 Å². The van der Waals surface area contributed by atoms with Gasteiger partial charge in [-0.15, -0.1) is 0 Å². The number of nitrogens with zero attached hydrogens (tertiary/aromatic N) is 2. The second-order valence-corrected chi connectivity index (χ2v) is 5.74. The van der Waals surface area contributed by atoms with Gasteiger partial charge in [-0.1, -0.05) is 17.7 Å². The zero-order valence-electron chi connectivity index (χ0n) is 11.8. The molecule has 112 valence electrons. The Labute approximate surface area is 133 Å². The highest BCUT2D eigenvalue weighted by Gasteiger charge is 2.25. The third-order valence-corrected chi connectivity index (χ3v) is 3.99. The first-order valence-corrected chi connectivity index (χ1v) is 7.43. The molecule has 3 rings (SSSR count). The molecule has 1 saturated heterocycles. The summed E-state index contributed by atoms with van der Waals surface area (Å²) in [5.41, 5.74) is 1.94. The Hall–Kier alpha value is -2.45. The van der Waals surface area contributed by atoms with Crippen molar-refractivity contribution < 1.29 is 4.79 Å². The Bertz CT molecular complexity index is 734. The van der Waals surface area contributed by atoms with E-state index in [0.29, 0.717) is 16.3 Å². The van der Waals surface area contributed by atoms with E-state index in [2.05, 4.69) is 15.2 Å². The maximum absolute atomic E-state index is 12.1. The third kappa shape index (κ3) is 3.07. The number of amides is 1. The van der Waals surface area contributed by atoms with Gasteiger partial charge in [0.15, 0.2) is 0 Å². The molecule has 0 bridgehead atoms. The number of anilines is 1. The van der Waals surface area contributed by atoms with E-state index >= 15 is 0 Å². The number of carbonyl (C=O) groups is 1. The van der Waals surface area contributed by atoms with Gasteiger partial charge in [0.1, 0.15) is 11.8 Å². The standard InChI is InChI=1S/C16H15ClN4O/c17-12-2-1-3-14(7-12)21-5-4-13(10-21)20-16(22)15-6-11(8-18)9-19-15/h1-3,6-7,9,13,19H,4-5,10H2,(H,20,22)/t13-/m0/s1. The monoisotopic (exact) mass is 314 g/mol. The van der Waals surface area contributed by atoms with E-state index in [1.807, 2.05) is 30.3 Å². The van der Waals surface area contributed by atoms with E-state index in [-0.39, 0.29) is 11.9 Å². The minimum Gasteiger partial charge on any atom is -0.369 e. The van der Waals surface area contributed by atoms with Crippen molar-refractivity contribution >= 4 is 23.2 Å². The van der Waals surface area contributed by atoms with Gasteiger partial charge in [0, 0.05) is 36.0 Å². The number of hydrogen-bond acceptors (Lipinski definition) is 3. The lowest BCUT2D eigenvalue weighted by Crippen LogP contribution is -2.37. The lowest BCUT2D eigenvalue weighted by atomic mass is 10.2. The summed E-state index contributed by atoms with van der Waals surface area (Å²) < 4.78 is 0. The minimum atomic E-state index is -0.181. The number of hydrogen-bond donors (Lipinski definition) is 2. The Morgan fingerprint density at radius 3 is 3.05 bits per heavy atom. The van der Waals surface area contributed by atoms with Crippen molar-refractivity contribution in [3.05, 3.63) is 52.8 Å². The largest absolute Gasteiger partial charge is 0.369 e. The summed E-state index contributed by atoms with van der Waals surface area (Å²) in [5, 5.41) is 12.5. The van der Waals surface area contributed by atoms with Crippen LogP contribution in [-0.2, 0) is 0 Å². The molecule has 2 heterocycles. The summed E-state index contributed by atoms with van der Waals surface area (Å²) in [7, 11) is 0. The highest BCUT2D eigenvalue weighted by atomic mass is 35.5. The molecule has 1 amide bonds. The summed E-state index contributed by atoms with van der Waals surface area (Å²) in [6, 6.07) is 11.3. The zero-order chi connectivity index (χ0) is 15.5. The quantitative estimate of drug-likeness (QED) is 0.914. The van der Waals surface area contributed by atoms with E-state index in [1.165, 1.54) is 6.20 Å². The molecular formula is C16H15ClN4O. The lowest BCUT2D eigenvalue weighted by molar-refractivity contribution is 0.0936. The van der Waals surface area contributed by atoms with Crippen molar-refractivity contribution in [1.82, 2.24) is 10.3 Å². The van der Waals surface area contributed by atoms with Crippen molar-refractivity contribution in [3.63, 3.8) is 0 Å². The minimum absolute atomic E-state index is 0.0836. The third-order valence-electron chi connectivity index (χ3n) is 3.75. The highest BCUT2D eigenvalue weighted by molar-refractivity contribution is 6.30. The van der Waals surface area contributed by atoms with Gasteiger partial charge in [-0.25, -0.2) is 0 Å². The summed E-state index contributed by atoms with van der Waals surface area (Å²) in [6.45, 7) is 1.62. The highest BCUT2D eigenvalue weighted by Crippen LogP contribution is 2.23. The molecule has 1 atom stereocenters. The van der Waals surface area contributed by atoms with Gasteiger partial charge in [-0.3, -0.25) is 4.79 Å². The molecule has 0 spiro atoms. The second kappa shape index (κ2) is 6.12. The number of H-pyrrole nitrogens is 1. The fourth-order valence-corrected chi connectivity index (χ4v) is 2.82. The SMILES string of the molecule is N#Cc1c[nH]c(C(=O)N[C@H]2CCN(c3cccc(Cl)c3)C2)c1. The molecule has 5 nitrogen and oxygen atoms in total. The maximum Gasteiger partial charge on any atom is 0.268 e. The van der Waals surface area contributed by atoms with Crippen molar-refractivity contribution in [2.45, 2.75) is 12.5 Å². The number of rotatable bonds is 3. The van der Waals surface area contributed by atoms with Crippen LogP contribution in [0.25, 0.3) is 0 Å². The van der Waals surface area contributed by atoms with Crippen molar-refractivity contribution in [2.24, 2.45) is 0 Å². The Morgan fingerprint density at radius 2 is 2.32 bits per heavy atom. The second-order valence-electron chi connectivity index (χ2n) is 5.30. The van der Waals surface area contributed by atoms with Crippen LogP contribution in [0.5, 0.6) is 0 Å². The molecule has 0 unspecified atom stereocenters. The molecule has 0 radical (unpaired) electrons. The molecule has 1 fully saturated rings. The molecule has 2 N–H and O–H groups in total. The van der Waals surface area contributed by atoms with Crippen LogP contribution in [0.1, 0.15) is 22.5 Å². The first-order chi connectivity index (χ1) is 10.7. The molecule has 1 aromatic carbocycles. The van der Waals surface area contributed by atoms with Crippen LogP contribution in [-0.4, -0.2) is 30.0 Å². The summed E-state index contributed by atoms with van der Waals surface area (Å²) in [6.07, 6.45) is 2.41. The normalized spacial score (nSPS) is 17.3. The molecule has 1 aliphatic rings. The Balaban J connectivity index is 1.61. The van der Waals surface area contributed by atoms with E-state index in [0.717, 1.165) is 25.2 Å². The van der Waals surface area contributed by atoms with Crippen LogP contribution >= 0.6 is 11.6 Å². The maximum atomic E-state index is 12.1. The molecule has 2 aromatic rings. The molecule has 6 heteroatoms. The zero-order valence-corrected chi connectivity index (χ0v) is 12.6. The number of halogens is 1. The van der Waals surface area contributed by atoms with Crippen LogP contribution in [0.15, 0.2) is 36.5 Å². The molecule has 22 heavy (non-hydrogen) atoms. The number of aromatic amines is 1. The van der Waals surface area contributed by atoms with Gasteiger partial charge in [-0.2, -0.15) is 5.26 Å². The van der Waals surface area contributed by atoms with Gasteiger partial charge in [0.05, 0.1) is 5.56 Å². The topological polar surface area (TPSA) is 71.9 Å². The first-order valence-electron chi connectivity index (χ1n) is 7.05. The number of nitriles is 1. The van der Waals surface area contributed by atoms with E-state index in [9.17, 15) is 4.79 Å². The van der Waals surface area contributed by atoms with Gasteiger partial charge < -0.3 is 15.2 Å². The molecule has 1 aromatic heterocycles.